The van der Waals surface area contributed by atoms with Crippen LogP contribution in [-0.4, -0.2) is 34.6 Å². The van der Waals surface area contributed by atoms with E-state index in [1.807, 2.05) is 0 Å². The van der Waals surface area contributed by atoms with Gasteiger partial charge >= 0.3 is 0 Å². The largest absolute Gasteiger partial charge is 0.489 e. The molecule has 2 aromatic heterocycles. The highest BCUT2D eigenvalue weighted by molar-refractivity contribution is 7.18. The Morgan fingerprint density at radius 1 is 1.52 bits per heavy atom. The Labute approximate surface area is 147 Å². The van der Waals surface area contributed by atoms with E-state index in [4.69, 9.17) is 9.47 Å². The third-order valence-electron chi connectivity index (χ3n) is 3.95. The van der Waals surface area contributed by atoms with Gasteiger partial charge in [-0.3, -0.25) is 9.20 Å². The Morgan fingerprint density at radius 3 is 3.24 bits per heavy atom. The molecule has 0 spiro atoms. The Hall–Kier alpha value is -2.45. The predicted molar refractivity (Wildman–Crippen MR) is 91.9 cm³/mol. The first-order chi connectivity index (χ1) is 12.2. The molecule has 25 heavy (non-hydrogen) atoms. The van der Waals surface area contributed by atoms with E-state index in [1.165, 1.54) is 29.5 Å². The number of halogens is 1. The molecule has 0 saturated carbocycles. The number of rotatable bonds is 5. The summed E-state index contributed by atoms with van der Waals surface area (Å²) in [6, 6.07) is 4.07. The molecule has 1 N–H and O–H groups in total. The summed E-state index contributed by atoms with van der Waals surface area (Å²) >= 11 is 1.26. The molecule has 1 aliphatic heterocycles. The number of anilines is 1. The summed E-state index contributed by atoms with van der Waals surface area (Å²) in [6.45, 7) is 1.11. The number of thiazole rings is 1. The van der Waals surface area contributed by atoms with Crippen molar-refractivity contribution in [3.05, 3.63) is 47.5 Å². The lowest BCUT2D eigenvalue weighted by molar-refractivity contribution is 0.0681. The lowest BCUT2D eigenvalue weighted by atomic mass is 10.2. The van der Waals surface area contributed by atoms with Crippen molar-refractivity contribution in [3.8, 4) is 5.75 Å². The maximum absolute atomic E-state index is 13.6. The van der Waals surface area contributed by atoms with Crippen molar-refractivity contribution in [1.29, 1.82) is 0 Å². The number of nitrogens with zero attached hydrogens (tertiary/aromatic N) is 2. The molecule has 3 heterocycles. The van der Waals surface area contributed by atoms with Crippen molar-refractivity contribution in [2.75, 3.05) is 18.5 Å². The van der Waals surface area contributed by atoms with Crippen molar-refractivity contribution < 1.29 is 18.7 Å². The monoisotopic (exact) mass is 361 g/mol. The lowest BCUT2D eigenvalue weighted by Crippen LogP contribution is -2.18. The summed E-state index contributed by atoms with van der Waals surface area (Å²) in [7, 11) is 0. The minimum atomic E-state index is -0.444. The third-order valence-corrected chi connectivity index (χ3v) is 4.96. The van der Waals surface area contributed by atoms with Crippen LogP contribution in [0.25, 0.3) is 4.96 Å². The minimum Gasteiger partial charge on any atom is -0.489 e. The van der Waals surface area contributed by atoms with Crippen LogP contribution in [-0.2, 0) is 4.74 Å². The second-order valence-corrected chi connectivity index (χ2v) is 6.76. The van der Waals surface area contributed by atoms with Crippen LogP contribution in [0.1, 0.15) is 22.5 Å². The van der Waals surface area contributed by atoms with Gasteiger partial charge in [0.05, 0.1) is 11.8 Å². The van der Waals surface area contributed by atoms with Crippen LogP contribution >= 0.6 is 11.3 Å². The van der Waals surface area contributed by atoms with Gasteiger partial charge in [0, 0.05) is 31.3 Å². The van der Waals surface area contributed by atoms with E-state index < -0.39 is 5.82 Å². The normalized spacial score (nSPS) is 17.1. The molecule has 1 saturated heterocycles. The number of fused-ring (bicyclic) bond motifs is 1. The van der Waals surface area contributed by atoms with Gasteiger partial charge in [-0.25, -0.2) is 9.37 Å². The minimum absolute atomic E-state index is 0.0404. The average molecular weight is 361 g/mol. The first-order valence-corrected chi connectivity index (χ1v) is 8.78. The summed E-state index contributed by atoms with van der Waals surface area (Å²) in [5.74, 6) is -0.351. The van der Waals surface area contributed by atoms with Gasteiger partial charge in [-0.1, -0.05) is 11.3 Å². The summed E-state index contributed by atoms with van der Waals surface area (Å²) in [5, 5.41) is 2.72. The summed E-state index contributed by atoms with van der Waals surface area (Å²) in [4.78, 5) is 17.8. The maximum Gasteiger partial charge on any atom is 0.267 e. The fourth-order valence-electron chi connectivity index (χ4n) is 2.70. The van der Waals surface area contributed by atoms with Gasteiger partial charge in [0.15, 0.2) is 4.96 Å². The highest BCUT2D eigenvalue weighted by atomic mass is 32.1. The molecule has 1 aliphatic rings. The molecule has 0 radical (unpaired) electrons. The van der Waals surface area contributed by atoms with E-state index in [2.05, 4.69) is 10.3 Å². The fraction of sp³-hybridized carbons (Fsp3) is 0.294. The van der Waals surface area contributed by atoms with Crippen molar-refractivity contribution >= 4 is 27.9 Å². The van der Waals surface area contributed by atoms with Crippen molar-refractivity contribution in [2.24, 2.45) is 0 Å². The Balaban J connectivity index is 1.50. The zero-order valence-corrected chi connectivity index (χ0v) is 14.1. The smallest absolute Gasteiger partial charge is 0.267 e. The van der Waals surface area contributed by atoms with E-state index >= 15 is 0 Å². The highest BCUT2D eigenvalue weighted by Crippen LogP contribution is 2.28. The van der Waals surface area contributed by atoms with Gasteiger partial charge in [-0.2, -0.15) is 0 Å². The maximum atomic E-state index is 13.6. The Kier molecular flexibility index (Phi) is 4.37. The van der Waals surface area contributed by atoms with E-state index in [-0.39, 0.29) is 12.0 Å². The standard InChI is InChI=1S/C17H16FN3O3S/c18-11-3-4-14(24-10-12-2-1-7-23-12)13(8-11)20-16(22)15-9-21-6-5-19-17(21)25-15/h3-6,8-9,12H,1-2,7,10H2,(H,20,22). The molecule has 6 nitrogen and oxygen atoms in total. The first-order valence-electron chi connectivity index (χ1n) is 7.97. The van der Waals surface area contributed by atoms with Crippen molar-refractivity contribution in [2.45, 2.75) is 18.9 Å². The number of benzene rings is 1. The van der Waals surface area contributed by atoms with Gasteiger partial charge in [0.2, 0.25) is 0 Å². The molecule has 0 bridgehead atoms. The van der Waals surface area contributed by atoms with E-state index in [0.717, 1.165) is 24.4 Å². The van der Waals surface area contributed by atoms with E-state index in [0.29, 0.717) is 22.9 Å². The zero-order chi connectivity index (χ0) is 17.2. The number of amides is 1. The van der Waals surface area contributed by atoms with E-state index in [1.54, 1.807) is 23.0 Å². The lowest BCUT2D eigenvalue weighted by Gasteiger charge is -2.15. The van der Waals surface area contributed by atoms with Crippen molar-refractivity contribution in [3.63, 3.8) is 0 Å². The number of carbonyl (C=O) groups is 1. The number of imidazole rings is 1. The predicted octanol–water partition coefficient (Wildman–Crippen LogP) is 3.35. The SMILES string of the molecule is O=C(Nc1cc(F)ccc1OCC1CCCO1)c1cn2ccnc2s1. The molecule has 130 valence electrons. The third kappa shape index (κ3) is 3.49. The molecule has 1 amide bonds. The van der Waals surface area contributed by atoms with Crippen LogP contribution < -0.4 is 10.1 Å². The average Bonchev–Trinajstić information content (AvgIpc) is 3.31. The molecule has 1 unspecified atom stereocenters. The van der Waals surface area contributed by atoms with Crippen LogP contribution in [0.4, 0.5) is 10.1 Å². The molecule has 0 aliphatic carbocycles. The molecular formula is C17H16FN3O3S. The topological polar surface area (TPSA) is 64.9 Å². The molecule has 4 rings (SSSR count). The summed E-state index contributed by atoms with van der Waals surface area (Å²) < 4.78 is 26.6. The van der Waals surface area contributed by atoms with Gasteiger partial charge in [0.25, 0.3) is 5.91 Å². The number of nitrogens with one attached hydrogen (secondary N) is 1. The highest BCUT2D eigenvalue weighted by Gasteiger charge is 2.18. The van der Waals surface area contributed by atoms with Crippen LogP contribution in [0.3, 0.4) is 0 Å². The second kappa shape index (κ2) is 6.81. The number of aromatic nitrogens is 2. The van der Waals surface area contributed by atoms with Crippen LogP contribution in [0.2, 0.25) is 0 Å². The molecular weight excluding hydrogens is 345 g/mol. The Bertz CT molecular complexity index is 873. The number of ether oxygens (including phenoxy) is 2. The number of hydrogen-bond donors (Lipinski definition) is 1. The van der Waals surface area contributed by atoms with Gasteiger partial charge in [-0.05, 0) is 25.0 Å². The fourth-order valence-corrected chi connectivity index (χ4v) is 3.54. The summed E-state index contributed by atoms with van der Waals surface area (Å²) in [6.07, 6.45) is 7.12. The molecule has 1 atom stereocenters. The molecule has 8 heteroatoms. The van der Waals surface area contributed by atoms with Gasteiger partial charge in [0.1, 0.15) is 23.1 Å². The molecule has 1 aromatic carbocycles. The zero-order valence-electron chi connectivity index (χ0n) is 13.3. The van der Waals surface area contributed by atoms with E-state index in [9.17, 15) is 9.18 Å². The second-order valence-electron chi connectivity index (χ2n) is 5.75. The van der Waals surface area contributed by atoms with Crippen LogP contribution in [0.5, 0.6) is 5.75 Å². The molecule has 3 aromatic rings. The first kappa shape index (κ1) is 16.0. The quantitative estimate of drug-likeness (QED) is 0.757. The van der Waals surface area contributed by atoms with Gasteiger partial charge < -0.3 is 14.8 Å². The number of carbonyl (C=O) groups excluding carboxylic acids is 1. The molecule has 1 fully saturated rings. The summed E-state index contributed by atoms with van der Waals surface area (Å²) in [5.41, 5.74) is 0.300. The number of hydrogen-bond acceptors (Lipinski definition) is 5. The Morgan fingerprint density at radius 2 is 2.44 bits per heavy atom. The van der Waals surface area contributed by atoms with Crippen molar-refractivity contribution in [1.82, 2.24) is 9.38 Å². The van der Waals surface area contributed by atoms with Crippen LogP contribution in [0, 0.1) is 5.82 Å². The van der Waals surface area contributed by atoms with Crippen LogP contribution in [0.15, 0.2) is 36.8 Å². The van der Waals surface area contributed by atoms with Gasteiger partial charge in [-0.15, -0.1) is 0 Å².